The first-order valence-corrected chi connectivity index (χ1v) is 6.57. The largest absolute Gasteiger partial charge is 0.494 e. The number of hydrogen-bond acceptors (Lipinski definition) is 3. The molecule has 0 saturated heterocycles. The van der Waals surface area contributed by atoms with Gasteiger partial charge in [0, 0.05) is 13.0 Å². The van der Waals surface area contributed by atoms with Crippen LogP contribution in [0.2, 0.25) is 0 Å². The molecule has 20 heavy (non-hydrogen) atoms. The Morgan fingerprint density at radius 2 is 1.90 bits per heavy atom. The van der Waals surface area contributed by atoms with Crippen molar-refractivity contribution >= 4 is 18.3 Å². The number of halogens is 2. The molecular weight excluding hydrogens is 283 g/mol. The summed E-state index contributed by atoms with van der Waals surface area (Å²) < 4.78 is 18.0. The van der Waals surface area contributed by atoms with E-state index in [9.17, 15) is 9.18 Å². The van der Waals surface area contributed by atoms with Gasteiger partial charge in [0.2, 0.25) is 5.91 Å². The van der Waals surface area contributed by atoms with E-state index in [1.807, 2.05) is 0 Å². The van der Waals surface area contributed by atoms with Crippen LogP contribution in [-0.2, 0) is 4.79 Å². The topological polar surface area (TPSA) is 64.3 Å². The summed E-state index contributed by atoms with van der Waals surface area (Å²) in [5.74, 6) is 0.355. The van der Waals surface area contributed by atoms with Crippen LogP contribution in [0.15, 0.2) is 24.3 Å². The summed E-state index contributed by atoms with van der Waals surface area (Å²) in [7, 11) is 0. The summed E-state index contributed by atoms with van der Waals surface area (Å²) in [5, 5.41) is 2.82. The molecule has 0 spiro atoms. The first-order valence-electron chi connectivity index (χ1n) is 6.57. The molecule has 0 radical (unpaired) electrons. The predicted octanol–water partition coefficient (Wildman–Crippen LogP) is 2.26. The molecular formula is C14H22ClFN2O2. The summed E-state index contributed by atoms with van der Waals surface area (Å²) in [4.78, 5) is 11.4. The Morgan fingerprint density at radius 1 is 1.20 bits per heavy atom. The molecule has 6 heteroatoms. The third-order valence-electron chi connectivity index (χ3n) is 2.58. The monoisotopic (exact) mass is 304 g/mol. The lowest BCUT2D eigenvalue weighted by Gasteiger charge is -2.06. The van der Waals surface area contributed by atoms with Crippen molar-refractivity contribution in [1.29, 1.82) is 0 Å². The number of ether oxygens (including phenoxy) is 1. The lowest BCUT2D eigenvalue weighted by atomic mass is 10.3. The van der Waals surface area contributed by atoms with Gasteiger partial charge in [0.25, 0.3) is 0 Å². The van der Waals surface area contributed by atoms with Gasteiger partial charge in [0.15, 0.2) is 0 Å². The van der Waals surface area contributed by atoms with E-state index in [0.717, 1.165) is 12.8 Å². The fraction of sp³-hybridized carbons (Fsp3) is 0.500. The molecule has 1 aromatic rings. The molecule has 0 fully saturated rings. The second-order valence-electron chi connectivity index (χ2n) is 4.25. The van der Waals surface area contributed by atoms with E-state index in [2.05, 4.69) is 5.32 Å². The summed E-state index contributed by atoms with van der Waals surface area (Å²) in [6.07, 6.45) is 2.91. The average molecular weight is 305 g/mol. The number of carbonyl (C=O) groups excluding carboxylic acids is 1. The SMILES string of the molecule is Cl.NCCCCNC(=O)CCCOc1ccc(F)cc1. The summed E-state index contributed by atoms with van der Waals surface area (Å²) in [5.41, 5.74) is 5.36. The molecule has 0 unspecified atom stereocenters. The minimum Gasteiger partial charge on any atom is -0.494 e. The maximum Gasteiger partial charge on any atom is 0.220 e. The summed E-state index contributed by atoms with van der Waals surface area (Å²) in [6, 6.07) is 5.84. The number of rotatable bonds is 9. The van der Waals surface area contributed by atoms with E-state index in [0.29, 0.717) is 38.3 Å². The Hall–Kier alpha value is -1.33. The number of amides is 1. The second kappa shape index (κ2) is 11.5. The fourth-order valence-corrected chi connectivity index (χ4v) is 1.54. The molecule has 0 aliphatic carbocycles. The zero-order chi connectivity index (χ0) is 13.9. The van der Waals surface area contributed by atoms with Crippen LogP contribution >= 0.6 is 12.4 Å². The minimum absolute atomic E-state index is 0. The van der Waals surface area contributed by atoms with Crippen LogP contribution in [0.25, 0.3) is 0 Å². The van der Waals surface area contributed by atoms with Gasteiger partial charge in [-0.1, -0.05) is 0 Å². The van der Waals surface area contributed by atoms with Gasteiger partial charge in [-0.3, -0.25) is 4.79 Å². The van der Waals surface area contributed by atoms with Gasteiger partial charge in [0.05, 0.1) is 6.61 Å². The maximum absolute atomic E-state index is 12.6. The third-order valence-corrected chi connectivity index (χ3v) is 2.58. The molecule has 0 bridgehead atoms. The van der Waals surface area contributed by atoms with Crippen molar-refractivity contribution in [3.8, 4) is 5.75 Å². The van der Waals surface area contributed by atoms with E-state index in [4.69, 9.17) is 10.5 Å². The highest BCUT2D eigenvalue weighted by molar-refractivity contribution is 5.85. The summed E-state index contributed by atoms with van der Waals surface area (Å²) in [6.45, 7) is 1.78. The number of carbonyl (C=O) groups is 1. The highest BCUT2D eigenvalue weighted by Crippen LogP contribution is 2.11. The van der Waals surface area contributed by atoms with Gasteiger partial charge in [-0.15, -0.1) is 12.4 Å². The Bertz CT molecular complexity index is 374. The lowest BCUT2D eigenvalue weighted by molar-refractivity contribution is -0.121. The molecule has 4 nitrogen and oxygen atoms in total. The van der Waals surface area contributed by atoms with E-state index >= 15 is 0 Å². The summed E-state index contributed by atoms with van der Waals surface area (Å²) >= 11 is 0. The second-order valence-corrected chi connectivity index (χ2v) is 4.25. The highest BCUT2D eigenvalue weighted by Gasteiger charge is 2.01. The van der Waals surface area contributed by atoms with Crippen LogP contribution in [0.5, 0.6) is 5.75 Å². The quantitative estimate of drug-likeness (QED) is 0.688. The van der Waals surface area contributed by atoms with Crippen molar-refractivity contribution in [3.63, 3.8) is 0 Å². The van der Waals surface area contributed by atoms with Gasteiger partial charge in [0.1, 0.15) is 11.6 Å². The van der Waals surface area contributed by atoms with E-state index in [1.165, 1.54) is 12.1 Å². The number of nitrogens with two attached hydrogens (primary N) is 1. The van der Waals surface area contributed by atoms with Crippen molar-refractivity contribution in [2.75, 3.05) is 19.7 Å². The zero-order valence-electron chi connectivity index (χ0n) is 11.4. The van der Waals surface area contributed by atoms with Gasteiger partial charge < -0.3 is 15.8 Å². The van der Waals surface area contributed by atoms with Crippen LogP contribution in [0.1, 0.15) is 25.7 Å². The van der Waals surface area contributed by atoms with Gasteiger partial charge in [-0.05, 0) is 50.1 Å². The Labute approximate surface area is 125 Å². The van der Waals surface area contributed by atoms with Crippen molar-refractivity contribution in [1.82, 2.24) is 5.32 Å². The van der Waals surface area contributed by atoms with Crippen LogP contribution in [-0.4, -0.2) is 25.6 Å². The first kappa shape index (κ1) is 18.7. The molecule has 3 N–H and O–H groups in total. The van der Waals surface area contributed by atoms with E-state index in [1.54, 1.807) is 12.1 Å². The van der Waals surface area contributed by atoms with Crippen molar-refractivity contribution in [2.24, 2.45) is 5.73 Å². The van der Waals surface area contributed by atoms with Gasteiger partial charge in [-0.25, -0.2) is 4.39 Å². The molecule has 1 rings (SSSR count). The Balaban J connectivity index is 0.00000361. The standard InChI is InChI=1S/C14H21FN2O2.ClH/c15-12-5-7-13(8-6-12)19-11-3-4-14(18)17-10-2-1-9-16;/h5-8H,1-4,9-11,16H2,(H,17,18);1H. The van der Waals surface area contributed by atoms with Crippen molar-refractivity contribution in [3.05, 3.63) is 30.1 Å². The van der Waals surface area contributed by atoms with Gasteiger partial charge >= 0.3 is 0 Å². The number of benzene rings is 1. The van der Waals surface area contributed by atoms with E-state index < -0.39 is 0 Å². The molecule has 0 atom stereocenters. The van der Waals surface area contributed by atoms with Crippen LogP contribution in [0, 0.1) is 5.82 Å². The van der Waals surface area contributed by atoms with E-state index in [-0.39, 0.29) is 24.1 Å². The Morgan fingerprint density at radius 3 is 2.55 bits per heavy atom. The van der Waals surface area contributed by atoms with Crippen molar-refractivity contribution in [2.45, 2.75) is 25.7 Å². The van der Waals surface area contributed by atoms with Crippen molar-refractivity contribution < 1.29 is 13.9 Å². The molecule has 0 aliphatic heterocycles. The predicted molar refractivity (Wildman–Crippen MR) is 79.7 cm³/mol. The molecule has 1 aromatic carbocycles. The third kappa shape index (κ3) is 8.72. The highest BCUT2D eigenvalue weighted by atomic mass is 35.5. The number of hydrogen-bond donors (Lipinski definition) is 2. The molecule has 0 heterocycles. The average Bonchev–Trinajstić information content (AvgIpc) is 2.42. The normalized spacial score (nSPS) is 9.70. The minimum atomic E-state index is -0.288. The molecule has 0 aromatic heterocycles. The zero-order valence-corrected chi connectivity index (χ0v) is 12.3. The number of unbranched alkanes of at least 4 members (excludes halogenated alkanes) is 1. The van der Waals surface area contributed by atoms with Crippen LogP contribution < -0.4 is 15.8 Å². The molecule has 0 saturated carbocycles. The van der Waals surface area contributed by atoms with Crippen LogP contribution in [0.4, 0.5) is 4.39 Å². The Kier molecular flexibility index (Phi) is 10.7. The van der Waals surface area contributed by atoms with Gasteiger partial charge in [-0.2, -0.15) is 0 Å². The first-order chi connectivity index (χ1) is 9.22. The molecule has 114 valence electrons. The molecule has 0 aliphatic rings. The maximum atomic E-state index is 12.6. The van der Waals surface area contributed by atoms with Crippen LogP contribution in [0.3, 0.4) is 0 Å². The smallest absolute Gasteiger partial charge is 0.220 e. The lowest BCUT2D eigenvalue weighted by Crippen LogP contribution is -2.25. The molecule has 1 amide bonds. The fourth-order valence-electron chi connectivity index (χ4n) is 1.54. The number of nitrogens with one attached hydrogen (secondary N) is 1.